The monoisotopic (exact) mass is 459 g/mol. The van der Waals surface area contributed by atoms with Gasteiger partial charge in [-0.2, -0.15) is 0 Å². The molecule has 0 aromatic heterocycles. The van der Waals surface area contributed by atoms with Gasteiger partial charge in [0.15, 0.2) is 5.96 Å². The first-order chi connectivity index (χ1) is 11.5. The maximum absolute atomic E-state index is 11.9. The number of hydrogen-bond donors (Lipinski definition) is 3. The fourth-order valence-corrected chi connectivity index (χ4v) is 2.53. The molecule has 0 radical (unpaired) electrons. The molecular formula is C17H26IN5O2. The van der Waals surface area contributed by atoms with Crippen molar-refractivity contribution in [1.82, 2.24) is 15.5 Å². The maximum Gasteiger partial charge on any atom is 0.243 e. The third kappa shape index (κ3) is 6.18. The van der Waals surface area contributed by atoms with Gasteiger partial charge in [0.2, 0.25) is 11.8 Å². The van der Waals surface area contributed by atoms with Crippen molar-refractivity contribution in [2.75, 3.05) is 39.0 Å². The van der Waals surface area contributed by atoms with Crippen LogP contribution in [0.1, 0.15) is 24.8 Å². The molecule has 25 heavy (non-hydrogen) atoms. The molecule has 1 aromatic rings. The van der Waals surface area contributed by atoms with Crippen LogP contribution in [-0.2, 0) is 9.59 Å². The van der Waals surface area contributed by atoms with Gasteiger partial charge in [-0.15, -0.1) is 24.0 Å². The van der Waals surface area contributed by atoms with Crippen LogP contribution in [0.15, 0.2) is 29.3 Å². The van der Waals surface area contributed by atoms with Crippen LogP contribution in [0.3, 0.4) is 0 Å². The van der Waals surface area contributed by atoms with E-state index in [0.717, 1.165) is 11.3 Å². The molecule has 1 unspecified atom stereocenters. The predicted molar refractivity (Wildman–Crippen MR) is 111 cm³/mol. The molecule has 0 aliphatic carbocycles. The number of carbonyl (C=O) groups excluding carboxylic acids is 2. The van der Waals surface area contributed by atoms with Crippen molar-refractivity contribution in [1.29, 1.82) is 0 Å². The van der Waals surface area contributed by atoms with Crippen LogP contribution < -0.4 is 16.0 Å². The van der Waals surface area contributed by atoms with Gasteiger partial charge >= 0.3 is 0 Å². The molecule has 138 valence electrons. The zero-order valence-electron chi connectivity index (χ0n) is 14.8. The SMILES string of the molecule is CCNC(=NCC(=O)N(C)C)NCC1CC(=O)Nc2ccccc21.I. The highest BCUT2D eigenvalue weighted by Crippen LogP contribution is 2.31. The summed E-state index contributed by atoms with van der Waals surface area (Å²) < 4.78 is 0. The molecule has 7 nitrogen and oxygen atoms in total. The van der Waals surface area contributed by atoms with Gasteiger partial charge in [0.25, 0.3) is 0 Å². The molecule has 2 rings (SSSR count). The molecule has 1 heterocycles. The van der Waals surface area contributed by atoms with Gasteiger partial charge in [-0.25, -0.2) is 4.99 Å². The molecule has 0 spiro atoms. The third-order valence-electron chi connectivity index (χ3n) is 3.84. The topological polar surface area (TPSA) is 85.8 Å². The minimum Gasteiger partial charge on any atom is -0.357 e. The molecule has 2 amide bonds. The Balaban J connectivity index is 0.00000312. The summed E-state index contributed by atoms with van der Waals surface area (Å²) in [6.07, 6.45) is 0.431. The molecular weight excluding hydrogens is 433 g/mol. The lowest BCUT2D eigenvalue weighted by molar-refractivity contribution is -0.127. The van der Waals surface area contributed by atoms with Crippen molar-refractivity contribution in [3.8, 4) is 0 Å². The lowest BCUT2D eigenvalue weighted by Crippen LogP contribution is -2.41. The van der Waals surface area contributed by atoms with E-state index in [1.54, 1.807) is 14.1 Å². The Hall–Kier alpha value is -1.84. The number of aliphatic imine (C=N–C) groups is 1. The summed E-state index contributed by atoms with van der Waals surface area (Å²) in [5.41, 5.74) is 1.98. The van der Waals surface area contributed by atoms with Crippen LogP contribution >= 0.6 is 24.0 Å². The van der Waals surface area contributed by atoms with Crippen LogP contribution in [0.4, 0.5) is 5.69 Å². The number of likely N-dealkylation sites (N-methyl/N-ethyl adjacent to an activating group) is 1. The van der Waals surface area contributed by atoms with E-state index in [0.29, 0.717) is 25.5 Å². The first kappa shape index (κ1) is 21.2. The van der Waals surface area contributed by atoms with Crippen LogP contribution in [0, 0.1) is 0 Å². The Morgan fingerprint density at radius 3 is 2.72 bits per heavy atom. The van der Waals surface area contributed by atoms with Crippen molar-refractivity contribution >= 4 is 47.4 Å². The predicted octanol–water partition coefficient (Wildman–Crippen LogP) is 1.37. The van der Waals surface area contributed by atoms with Crippen molar-refractivity contribution < 1.29 is 9.59 Å². The Morgan fingerprint density at radius 2 is 2.04 bits per heavy atom. The summed E-state index contributed by atoms with van der Waals surface area (Å²) in [5, 5.41) is 9.25. The number of benzene rings is 1. The largest absolute Gasteiger partial charge is 0.357 e. The summed E-state index contributed by atoms with van der Waals surface area (Å²) in [6.45, 7) is 3.33. The minimum atomic E-state index is -0.0606. The third-order valence-corrected chi connectivity index (χ3v) is 3.84. The highest BCUT2D eigenvalue weighted by atomic mass is 127. The van der Waals surface area contributed by atoms with Gasteiger partial charge in [0, 0.05) is 45.2 Å². The van der Waals surface area contributed by atoms with Crippen LogP contribution in [-0.4, -0.2) is 56.4 Å². The number of hydrogen-bond acceptors (Lipinski definition) is 3. The van der Waals surface area contributed by atoms with E-state index < -0.39 is 0 Å². The highest BCUT2D eigenvalue weighted by Gasteiger charge is 2.24. The second-order valence-corrected chi connectivity index (χ2v) is 5.90. The number of fused-ring (bicyclic) bond motifs is 1. The fraction of sp³-hybridized carbons (Fsp3) is 0.471. The number of nitrogens with zero attached hydrogens (tertiary/aromatic N) is 2. The first-order valence-corrected chi connectivity index (χ1v) is 8.12. The first-order valence-electron chi connectivity index (χ1n) is 8.12. The molecule has 0 saturated carbocycles. The van der Waals surface area contributed by atoms with Crippen molar-refractivity contribution in [2.24, 2.45) is 4.99 Å². The van der Waals surface area contributed by atoms with Crippen molar-refractivity contribution in [3.05, 3.63) is 29.8 Å². The fourth-order valence-electron chi connectivity index (χ4n) is 2.53. The van der Waals surface area contributed by atoms with Crippen molar-refractivity contribution in [2.45, 2.75) is 19.3 Å². The lowest BCUT2D eigenvalue weighted by atomic mass is 9.90. The molecule has 1 atom stereocenters. The number of nitrogens with one attached hydrogen (secondary N) is 3. The highest BCUT2D eigenvalue weighted by molar-refractivity contribution is 14.0. The standard InChI is InChI=1S/C17H25N5O2.HI/c1-4-18-17(20-11-16(24)22(2)3)19-10-12-9-15(23)21-14-8-6-5-7-13(12)14;/h5-8,12H,4,9-11H2,1-3H3,(H,21,23)(H2,18,19,20);1H. The maximum atomic E-state index is 11.9. The summed E-state index contributed by atoms with van der Waals surface area (Å²) in [7, 11) is 3.41. The molecule has 8 heteroatoms. The van der Waals surface area contributed by atoms with Gasteiger partial charge in [-0.05, 0) is 18.6 Å². The Bertz CT molecular complexity index is 633. The number of rotatable bonds is 5. The zero-order valence-corrected chi connectivity index (χ0v) is 17.2. The van der Waals surface area contributed by atoms with E-state index in [1.165, 1.54) is 4.90 Å². The number of halogens is 1. The van der Waals surface area contributed by atoms with E-state index in [-0.39, 0.29) is 48.3 Å². The normalized spacial score (nSPS) is 16.2. The number of anilines is 1. The van der Waals surface area contributed by atoms with E-state index in [1.807, 2.05) is 31.2 Å². The van der Waals surface area contributed by atoms with Gasteiger partial charge < -0.3 is 20.9 Å². The average molecular weight is 459 g/mol. The van der Waals surface area contributed by atoms with E-state index in [2.05, 4.69) is 20.9 Å². The van der Waals surface area contributed by atoms with Crippen LogP contribution in [0.25, 0.3) is 0 Å². The summed E-state index contributed by atoms with van der Waals surface area (Å²) in [5.74, 6) is 0.610. The second-order valence-electron chi connectivity index (χ2n) is 5.90. The van der Waals surface area contributed by atoms with E-state index in [9.17, 15) is 9.59 Å². The molecule has 1 aliphatic rings. The quantitative estimate of drug-likeness (QED) is 0.353. The Kier molecular flexibility index (Phi) is 8.67. The van der Waals surface area contributed by atoms with Gasteiger partial charge in [0.1, 0.15) is 6.54 Å². The molecule has 1 aliphatic heterocycles. The molecule has 0 saturated heterocycles. The van der Waals surface area contributed by atoms with Gasteiger partial charge in [-0.3, -0.25) is 9.59 Å². The Morgan fingerprint density at radius 1 is 1.32 bits per heavy atom. The van der Waals surface area contributed by atoms with Crippen molar-refractivity contribution in [3.63, 3.8) is 0 Å². The van der Waals surface area contributed by atoms with E-state index >= 15 is 0 Å². The second kappa shape index (κ2) is 10.2. The molecule has 1 aromatic carbocycles. The average Bonchev–Trinajstić information content (AvgIpc) is 2.56. The summed E-state index contributed by atoms with van der Waals surface area (Å²) in [4.78, 5) is 29.3. The minimum absolute atomic E-state index is 0. The van der Waals surface area contributed by atoms with Crippen LogP contribution in [0.2, 0.25) is 0 Å². The van der Waals surface area contributed by atoms with Gasteiger partial charge in [0.05, 0.1) is 0 Å². The summed E-state index contributed by atoms with van der Waals surface area (Å²) >= 11 is 0. The number of carbonyl (C=O) groups is 2. The number of para-hydroxylation sites is 1. The molecule has 0 fully saturated rings. The number of guanidine groups is 1. The lowest BCUT2D eigenvalue weighted by Gasteiger charge is -2.26. The zero-order chi connectivity index (χ0) is 17.5. The smallest absolute Gasteiger partial charge is 0.243 e. The van der Waals surface area contributed by atoms with Crippen LogP contribution in [0.5, 0.6) is 0 Å². The van der Waals surface area contributed by atoms with E-state index in [4.69, 9.17) is 0 Å². The Labute approximate surface area is 165 Å². The molecule has 3 N–H and O–H groups in total. The molecule has 0 bridgehead atoms. The summed E-state index contributed by atoms with van der Waals surface area (Å²) in [6, 6.07) is 7.82. The number of amides is 2. The van der Waals surface area contributed by atoms with Gasteiger partial charge in [-0.1, -0.05) is 18.2 Å².